The minimum absolute atomic E-state index is 0.221. The summed E-state index contributed by atoms with van der Waals surface area (Å²) >= 11 is 0. The standard InChI is InChI=1S/C26H33FN4/c1-17-15-20(27)16-23-25(17)29-26(28-23)22-6-7-24-21(18(22)2)10-14-31(24)11-4-5-19-8-12-30(3)13-9-19/h6-7,15-16,19H,4-5,8-14H2,1-3H3,(H,28,29). The Morgan fingerprint density at radius 2 is 1.94 bits per heavy atom. The Morgan fingerprint density at radius 3 is 2.74 bits per heavy atom. The summed E-state index contributed by atoms with van der Waals surface area (Å²) in [7, 11) is 2.23. The zero-order chi connectivity index (χ0) is 21.5. The molecule has 164 valence electrons. The van der Waals surface area contributed by atoms with Gasteiger partial charge in [0.05, 0.1) is 11.0 Å². The highest BCUT2D eigenvalue weighted by Crippen LogP contribution is 2.36. The molecular weight excluding hydrogens is 387 g/mol. The van der Waals surface area contributed by atoms with Gasteiger partial charge in [0, 0.05) is 24.3 Å². The number of aromatic nitrogens is 2. The number of H-pyrrole nitrogens is 1. The zero-order valence-electron chi connectivity index (χ0n) is 19.0. The van der Waals surface area contributed by atoms with Gasteiger partial charge in [0.1, 0.15) is 11.6 Å². The number of fused-ring (bicyclic) bond motifs is 2. The monoisotopic (exact) mass is 420 g/mol. The lowest BCUT2D eigenvalue weighted by Gasteiger charge is -2.29. The number of nitrogens with zero attached hydrogens (tertiary/aromatic N) is 3. The van der Waals surface area contributed by atoms with Crippen LogP contribution in [0, 0.1) is 25.6 Å². The number of anilines is 1. The molecular formula is C26H33FN4. The van der Waals surface area contributed by atoms with Crippen LogP contribution in [0.5, 0.6) is 0 Å². The molecule has 0 atom stereocenters. The van der Waals surface area contributed by atoms with Crippen molar-refractivity contribution < 1.29 is 4.39 Å². The smallest absolute Gasteiger partial charge is 0.138 e. The van der Waals surface area contributed by atoms with Crippen LogP contribution >= 0.6 is 0 Å². The summed E-state index contributed by atoms with van der Waals surface area (Å²) < 4.78 is 13.8. The lowest BCUT2D eigenvalue weighted by molar-refractivity contribution is 0.211. The quantitative estimate of drug-likeness (QED) is 0.594. The number of piperidine rings is 1. The topological polar surface area (TPSA) is 35.2 Å². The number of hydrogen-bond donors (Lipinski definition) is 1. The highest BCUT2D eigenvalue weighted by molar-refractivity contribution is 5.83. The number of rotatable bonds is 5. The minimum Gasteiger partial charge on any atom is -0.371 e. The maximum absolute atomic E-state index is 13.8. The molecule has 0 spiro atoms. The van der Waals surface area contributed by atoms with E-state index in [0.717, 1.165) is 53.4 Å². The van der Waals surface area contributed by atoms with Gasteiger partial charge in [0.2, 0.25) is 0 Å². The normalized spacial score (nSPS) is 17.6. The number of benzene rings is 2. The van der Waals surface area contributed by atoms with Crippen LogP contribution in [0.4, 0.5) is 10.1 Å². The summed E-state index contributed by atoms with van der Waals surface area (Å²) in [5, 5.41) is 0. The lowest BCUT2D eigenvalue weighted by Crippen LogP contribution is -2.30. The van der Waals surface area contributed by atoms with E-state index in [0.29, 0.717) is 0 Å². The van der Waals surface area contributed by atoms with E-state index in [-0.39, 0.29) is 5.82 Å². The van der Waals surface area contributed by atoms with Crippen molar-refractivity contribution in [3.63, 3.8) is 0 Å². The third-order valence-electron chi connectivity index (χ3n) is 7.42. The first-order valence-electron chi connectivity index (χ1n) is 11.7. The van der Waals surface area contributed by atoms with Crippen LogP contribution in [0.25, 0.3) is 22.4 Å². The third kappa shape index (κ3) is 3.96. The van der Waals surface area contributed by atoms with Gasteiger partial charge in [-0.05, 0) is 113 Å². The van der Waals surface area contributed by atoms with Gasteiger partial charge in [-0.1, -0.05) is 0 Å². The molecule has 0 aliphatic carbocycles. The summed E-state index contributed by atoms with van der Waals surface area (Å²) in [5.41, 5.74) is 7.75. The average molecular weight is 421 g/mol. The molecule has 5 heteroatoms. The maximum Gasteiger partial charge on any atom is 0.138 e. The minimum atomic E-state index is -0.221. The number of halogens is 1. The molecule has 1 aromatic heterocycles. The fourth-order valence-electron chi connectivity index (χ4n) is 5.51. The molecule has 3 aromatic rings. The summed E-state index contributed by atoms with van der Waals surface area (Å²) in [5.74, 6) is 1.52. The van der Waals surface area contributed by atoms with E-state index in [1.807, 2.05) is 6.92 Å². The maximum atomic E-state index is 13.8. The average Bonchev–Trinajstić information content (AvgIpc) is 3.35. The van der Waals surface area contributed by atoms with Crippen LogP contribution in [-0.4, -0.2) is 48.1 Å². The summed E-state index contributed by atoms with van der Waals surface area (Å²) in [6.45, 7) is 8.89. The fourth-order valence-corrected chi connectivity index (χ4v) is 5.51. The van der Waals surface area contributed by atoms with Crippen LogP contribution in [0.1, 0.15) is 42.4 Å². The van der Waals surface area contributed by atoms with E-state index in [2.05, 4.69) is 40.9 Å². The molecule has 1 saturated heterocycles. The molecule has 1 fully saturated rings. The van der Waals surface area contributed by atoms with Crippen LogP contribution in [-0.2, 0) is 6.42 Å². The van der Waals surface area contributed by atoms with Crippen molar-refractivity contribution >= 4 is 16.7 Å². The van der Waals surface area contributed by atoms with Gasteiger partial charge in [0.25, 0.3) is 0 Å². The largest absolute Gasteiger partial charge is 0.371 e. The van der Waals surface area contributed by atoms with E-state index in [1.165, 1.54) is 61.7 Å². The molecule has 4 nitrogen and oxygen atoms in total. The molecule has 0 amide bonds. The van der Waals surface area contributed by atoms with E-state index in [4.69, 9.17) is 4.98 Å². The van der Waals surface area contributed by atoms with Crippen LogP contribution in [0.2, 0.25) is 0 Å². The Kier molecular flexibility index (Phi) is 5.47. The highest BCUT2D eigenvalue weighted by atomic mass is 19.1. The number of hydrogen-bond acceptors (Lipinski definition) is 3. The Morgan fingerprint density at radius 1 is 1.13 bits per heavy atom. The van der Waals surface area contributed by atoms with Crippen LogP contribution in [0.3, 0.4) is 0 Å². The van der Waals surface area contributed by atoms with Crippen molar-refractivity contribution in [3.8, 4) is 11.4 Å². The fraction of sp³-hybridized carbons (Fsp3) is 0.500. The molecule has 3 heterocycles. The Balaban J connectivity index is 1.31. The highest BCUT2D eigenvalue weighted by Gasteiger charge is 2.24. The van der Waals surface area contributed by atoms with Crippen molar-refractivity contribution in [1.29, 1.82) is 0 Å². The summed E-state index contributed by atoms with van der Waals surface area (Å²) in [6.07, 6.45) is 6.44. The Bertz CT molecular complexity index is 1090. The zero-order valence-corrected chi connectivity index (χ0v) is 19.0. The number of aryl methyl sites for hydroxylation is 1. The van der Waals surface area contributed by atoms with Gasteiger partial charge in [-0.15, -0.1) is 0 Å². The Labute approximate surface area is 184 Å². The number of nitrogens with one attached hydrogen (secondary N) is 1. The summed E-state index contributed by atoms with van der Waals surface area (Å²) in [4.78, 5) is 13.2. The first-order valence-corrected chi connectivity index (χ1v) is 11.7. The van der Waals surface area contributed by atoms with Gasteiger partial charge in [-0.2, -0.15) is 0 Å². The molecule has 0 saturated carbocycles. The second kappa shape index (κ2) is 8.27. The molecule has 2 aliphatic heterocycles. The number of imidazole rings is 1. The van der Waals surface area contributed by atoms with Gasteiger partial charge in [-0.25, -0.2) is 9.37 Å². The van der Waals surface area contributed by atoms with Crippen molar-refractivity contribution in [2.75, 3.05) is 38.1 Å². The van der Waals surface area contributed by atoms with E-state index in [9.17, 15) is 4.39 Å². The van der Waals surface area contributed by atoms with Crippen LogP contribution in [0.15, 0.2) is 24.3 Å². The van der Waals surface area contributed by atoms with E-state index >= 15 is 0 Å². The molecule has 31 heavy (non-hydrogen) atoms. The SMILES string of the molecule is Cc1c(-c2nc3c(C)cc(F)cc3[nH]2)ccc2c1CCN2CCCC1CCN(C)CC1. The van der Waals surface area contributed by atoms with E-state index < -0.39 is 0 Å². The molecule has 5 rings (SSSR count). The first-order chi connectivity index (χ1) is 15.0. The second-order valence-corrected chi connectivity index (χ2v) is 9.57. The number of likely N-dealkylation sites (tertiary alicyclic amines) is 1. The van der Waals surface area contributed by atoms with Crippen molar-refractivity contribution in [2.45, 2.75) is 46.0 Å². The van der Waals surface area contributed by atoms with Crippen molar-refractivity contribution in [2.24, 2.45) is 5.92 Å². The third-order valence-corrected chi connectivity index (χ3v) is 7.42. The van der Waals surface area contributed by atoms with Gasteiger partial charge in [0.15, 0.2) is 0 Å². The second-order valence-electron chi connectivity index (χ2n) is 9.57. The van der Waals surface area contributed by atoms with Crippen molar-refractivity contribution in [1.82, 2.24) is 14.9 Å². The lowest BCUT2D eigenvalue weighted by atomic mass is 9.92. The Hall–Kier alpha value is -2.40. The van der Waals surface area contributed by atoms with Gasteiger partial charge >= 0.3 is 0 Å². The van der Waals surface area contributed by atoms with Crippen LogP contribution < -0.4 is 4.90 Å². The molecule has 2 aliphatic rings. The van der Waals surface area contributed by atoms with E-state index in [1.54, 1.807) is 6.07 Å². The first kappa shape index (κ1) is 20.5. The molecule has 2 aromatic carbocycles. The number of aromatic amines is 1. The van der Waals surface area contributed by atoms with Crippen molar-refractivity contribution in [3.05, 3.63) is 46.8 Å². The molecule has 0 radical (unpaired) electrons. The predicted octanol–water partition coefficient (Wildman–Crippen LogP) is 5.47. The van der Waals surface area contributed by atoms with Gasteiger partial charge < -0.3 is 14.8 Å². The predicted molar refractivity (Wildman–Crippen MR) is 126 cm³/mol. The molecule has 0 bridgehead atoms. The molecule has 0 unspecified atom stereocenters. The summed E-state index contributed by atoms with van der Waals surface area (Å²) in [6, 6.07) is 7.54. The molecule has 1 N–H and O–H groups in total. The van der Waals surface area contributed by atoms with Gasteiger partial charge in [-0.3, -0.25) is 0 Å².